The first-order valence-corrected chi connectivity index (χ1v) is 9.22. The molecule has 0 aliphatic rings. The van der Waals surface area contributed by atoms with Crippen molar-refractivity contribution in [2.24, 2.45) is 0 Å². The van der Waals surface area contributed by atoms with Gasteiger partial charge in [-0.1, -0.05) is 30.3 Å². The Hall–Kier alpha value is -2.67. The van der Waals surface area contributed by atoms with E-state index in [0.717, 1.165) is 25.8 Å². The molecule has 0 atom stereocenters. The van der Waals surface area contributed by atoms with Crippen LogP contribution in [0.15, 0.2) is 71.1 Å². The van der Waals surface area contributed by atoms with Gasteiger partial charge in [0, 0.05) is 14.8 Å². The lowest BCUT2D eigenvalue weighted by Gasteiger charge is -2.07. The molecule has 4 rings (SSSR count). The summed E-state index contributed by atoms with van der Waals surface area (Å²) >= 11 is 2.16. The van der Waals surface area contributed by atoms with Crippen LogP contribution in [0, 0.1) is 10.5 Å². The zero-order valence-corrected chi connectivity index (χ0v) is 16.2. The molecule has 3 aromatic carbocycles. The first kappa shape index (κ1) is 16.8. The molecule has 0 saturated heterocycles. The zero-order chi connectivity index (χ0) is 18.1. The van der Waals surface area contributed by atoms with Crippen LogP contribution in [-0.2, 0) is 0 Å². The van der Waals surface area contributed by atoms with Crippen LogP contribution in [0.25, 0.3) is 22.6 Å². The molecule has 0 bridgehead atoms. The summed E-state index contributed by atoms with van der Waals surface area (Å²) in [5.74, 6) is 0.403. The molecule has 0 saturated carbocycles. The van der Waals surface area contributed by atoms with Gasteiger partial charge >= 0.3 is 0 Å². The average molecular weight is 454 g/mol. The average Bonchev–Trinajstić information content (AvgIpc) is 3.08. The van der Waals surface area contributed by atoms with Crippen molar-refractivity contribution in [2.75, 3.05) is 5.32 Å². The molecule has 1 N–H and O–H groups in total. The summed E-state index contributed by atoms with van der Waals surface area (Å²) in [6.45, 7) is 2.01. The van der Waals surface area contributed by atoms with Gasteiger partial charge in [-0.15, -0.1) is 0 Å². The summed E-state index contributed by atoms with van der Waals surface area (Å²) in [6, 6.07) is 20.9. The molecule has 1 amide bonds. The number of fused-ring (bicyclic) bond motifs is 1. The van der Waals surface area contributed by atoms with Crippen molar-refractivity contribution >= 4 is 45.3 Å². The lowest BCUT2D eigenvalue weighted by Crippen LogP contribution is -2.13. The van der Waals surface area contributed by atoms with Crippen LogP contribution in [0.5, 0.6) is 0 Å². The molecule has 0 fully saturated rings. The number of carbonyl (C=O) groups is 1. The van der Waals surface area contributed by atoms with E-state index in [1.807, 2.05) is 73.7 Å². The summed E-state index contributed by atoms with van der Waals surface area (Å²) in [6.07, 6.45) is 0. The van der Waals surface area contributed by atoms with E-state index in [9.17, 15) is 4.79 Å². The lowest BCUT2D eigenvalue weighted by atomic mass is 10.1. The zero-order valence-electron chi connectivity index (χ0n) is 14.0. The van der Waals surface area contributed by atoms with E-state index in [1.165, 1.54) is 0 Å². The number of para-hydroxylation sites is 1. The predicted octanol–water partition coefficient (Wildman–Crippen LogP) is 5.66. The highest BCUT2D eigenvalue weighted by molar-refractivity contribution is 14.1. The van der Waals surface area contributed by atoms with E-state index in [2.05, 4.69) is 32.9 Å². The summed E-state index contributed by atoms with van der Waals surface area (Å²) in [5, 5.41) is 2.94. The third-order valence-corrected chi connectivity index (χ3v) is 5.05. The van der Waals surface area contributed by atoms with Crippen LogP contribution in [-0.4, -0.2) is 10.9 Å². The summed E-state index contributed by atoms with van der Waals surface area (Å²) < 4.78 is 6.78. The van der Waals surface area contributed by atoms with Crippen LogP contribution in [0.2, 0.25) is 0 Å². The fourth-order valence-electron chi connectivity index (χ4n) is 2.78. The first-order chi connectivity index (χ1) is 12.6. The summed E-state index contributed by atoms with van der Waals surface area (Å²) in [7, 11) is 0. The quantitative estimate of drug-likeness (QED) is 0.407. The Morgan fingerprint density at radius 3 is 2.65 bits per heavy atom. The molecule has 1 aromatic heterocycles. The maximum absolute atomic E-state index is 12.5. The van der Waals surface area contributed by atoms with Crippen molar-refractivity contribution in [1.82, 2.24) is 4.98 Å². The van der Waals surface area contributed by atoms with Crippen molar-refractivity contribution in [1.29, 1.82) is 0 Å². The number of oxazole rings is 1. The third-order valence-electron chi connectivity index (χ3n) is 4.11. The van der Waals surface area contributed by atoms with Gasteiger partial charge in [-0.3, -0.25) is 4.79 Å². The topological polar surface area (TPSA) is 55.1 Å². The molecule has 0 radical (unpaired) electrons. The molecule has 0 unspecified atom stereocenters. The monoisotopic (exact) mass is 454 g/mol. The van der Waals surface area contributed by atoms with E-state index in [0.29, 0.717) is 17.1 Å². The number of benzene rings is 3. The minimum Gasteiger partial charge on any atom is -0.436 e. The lowest BCUT2D eigenvalue weighted by molar-refractivity contribution is 0.102. The van der Waals surface area contributed by atoms with Gasteiger partial charge < -0.3 is 9.73 Å². The second-order valence-electron chi connectivity index (χ2n) is 5.96. The molecule has 128 valence electrons. The summed E-state index contributed by atoms with van der Waals surface area (Å²) in [5.41, 5.74) is 4.85. The number of carbonyl (C=O) groups excluding carboxylic acids is 1. The Labute approximate surface area is 164 Å². The van der Waals surface area contributed by atoms with Crippen molar-refractivity contribution in [3.05, 3.63) is 81.4 Å². The number of aryl methyl sites for hydroxylation is 1. The highest BCUT2D eigenvalue weighted by Crippen LogP contribution is 2.27. The van der Waals surface area contributed by atoms with Gasteiger partial charge in [0.2, 0.25) is 5.89 Å². The normalized spacial score (nSPS) is 10.8. The highest BCUT2D eigenvalue weighted by Gasteiger charge is 2.12. The van der Waals surface area contributed by atoms with Crippen LogP contribution in [0.3, 0.4) is 0 Å². The van der Waals surface area contributed by atoms with E-state index in [-0.39, 0.29) is 5.91 Å². The van der Waals surface area contributed by atoms with Gasteiger partial charge in [-0.05, 0) is 71.5 Å². The molecule has 4 nitrogen and oxygen atoms in total. The molecular weight excluding hydrogens is 439 g/mol. The van der Waals surface area contributed by atoms with Crippen molar-refractivity contribution in [3.8, 4) is 11.5 Å². The largest absolute Gasteiger partial charge is 0.436 e. The number of rotatable bonds is 3. The Morgan fingerprint density at radius 2 is 1.85 bits per heavy atom. The maximum atomic E-state index is 12.5. The van der Waals surface area contributed by atoms with Crippen LogP contribution >= 0.6 is 22.6 Å². The van der Waals surface area contributed by atoms with Gasteiger partial charge in [0.1, 0.15) is 5.52 Å². The SMILES string of the molecule is Cc1cccc2oc(-c3cccc(NC(=O)c4ccccc4I)c3)nc12. The number of anilines is 1. The number of hydrogen-bond acceptors (Lipinski definition) is 3. The molecule has 0 spiro atoms. The molecule has 1 heterocycles. The number of nitrogens with one attached hydrogen (secondary N) is 1. The minimum atomic E-state index is -0.138. The maximum Gasteiger partial charge on any atom is 0.256 e. The van der Waals surface area contributed by atoms with Gasteiger partial charge in [-0.2, -0.15) is 0 Å². The molecule has 5 heteroatoms. The minimum absolute atomic E-state index is 0.138. The molecule has 0 aliphatic heterocycles. The number of hydrogen-bond donors (Lipinski definition) is 1. The summed E-state index contributed by atoms with van der Waals surface area (Å²) in [4.78, 5) is 17.1. The van der Waals surface area contributed by atoms with E-state index in [4.69, 9.17) is 4.42 Å². The van der Waals surface area contributed by atoms with Crippen molar-refractivity contribution < 1.29 is 9.21 Å². The van der Waals surface area contributed by atoms with E-state index >= 15 is 0 Å². The van der Waals surface area contributed by atoms with Gasteiger partial charge in [-0.25, -0.2) is 4.98 Å². The first-order valence-electron chi connectivity index (χ1n) is 8.14. The highest BCUT2D eigenvalue weighted by atomic mass is 127. The van der Waals surface area contributed by atoms with Crippen molar-refractivity contribution in [2.45, 2.75) is 6.92 Å². The van der Waals surface area contributed by atoms with Gasteiger partial charge in [0.25, 0.3) is 5.91 Å². The van der Waals surface area contributed by atoms with Gasteiger partial charge in [0.05, 0.1) is 5.56 Å². The molecular formula is C21H15IN2O2. The molecule has 26 heavy (non-hydrogen) atoms. The van der Waals surface area contributed by atoms with Crippen molar-refractivity contribution in [3.63, 3.8) is 0 Å². The Balaban J connectivity index is 1.65. The van der Waals surface area contributed by atoms with Crippen LogP contribution in [0.4, 0.5) is 5.69 Å². The van der Waals surface area contributed by atoms with Crippen LogP contribution < -0.4 is 5.32 Å². The fourth-order valence-corrected chi connectivity index (χ4v) is 3.42. The Morgan fingerprint density at radius 1 is 1.04 bits per heavy atom. The number of nitrogens with zero attached hydrogens (tertiary/aromatic N) is 1. The van der Waals surface area contributed by atoms with Gasteiger partial charge in [0.15, 0.2) is 5.58 Å². The number of amides is 1. The smallest absolute Gasteiger partial charge is 0.256 e. The Bertz CT molecular complexity index is 1120. The second-order valence-corrected chi connectivity index (χ2v) is 7.12. The fraction of sp³-hybridized carbons (Fsp3) is 0.0476. The van der Waals surface area contributed by atoms with Crippen LogP contribution in [0.1, 0.15) is 15.9 Å². The number of aromatic nitrogens is 1. The number of halogens is 1. The standard InChI is InChI=1S/C21H15IN2O2/c1-13-6-4-11-18-19(13)24-21(26-18)14-7-5-8-15(12-14)23-20(25)16-9-2-3-10-17(16)22/h2-12H,1H3,(H,23,25). The van der Waals surface area contributed by atoms with E-state index in [1.54, 1.807) is 0 Å². The second kappa shape index (κ2) is 6.92. The molecule has 0 aliphatic carbocycles. The predicted molar refractivity (Wildman–Crippen MR) is 111 cm³/mol. The Kier molecular flexibility index (Phi) is 4.46. The third kappa shape index (κ3) is 3.22. The van der Waals surface area contributed by atoms with E-state index < -0.39 is 0 Å². The molecule has 4 aromatic rings.